The quantitative estimate of drug-likeness (QED) is 0.673. The molecule has 1 saturated heterocycles. The number of amides is 1. The molecule has 1 aliphatic rings. The molecule has 1 aliphatic heterocycles. The number of carboxylic acid groups (broad SMARTS) is 2. The summed E-state index contributed by atoms with van der Waals surface area (Å²) in [5.41, 5.74) is 0. The predicted octanol–water partition coefficient (Wildman–Crippen LogP) is 0.742. The molecule has 0 radical (unpaired) electrons. The minimum atomic E-state index is -0.905. The van der Waals surface area contributed by atoms with E-state index in [1.807, 2.05) is 6.92 Å². The topological polar surface area (TPSA) is 98.2 Å². The maximum Gasteiger partial charge on any atom is 0.303 e. The SMILES string of the molecule is CCN1CCC(CN(CC)C(=O)CCC(=O)O)C1.O=CO. The third-order valence-corrected chi connectivity index (χ3v) is 3.58. The van der Waals surface area contributed by atoms with E-state index in [0.717, 1.165) is 32.6 Å². The van der Waals surface area contributed by atoms with Gasteiger partial charge in [-0.25, -0.2) is 0 Å². The minimum absolute atomic E-state index is 0.0325. The lowest BCUT2D eigenvalue weighted by molar-refractivity contribution is -0.141. The Morgan fingerprint density at radius 1 is 1.33 bits per heavy atom. The van der Waals surface area contributed by atoms with E-state index in [0.29, 0.717) is 12.5 Å². The number of aliphatic carboxylic acids is 1. The Balaban J connectivity index is 0.00000122. The molecule has 7 heteroatoms. The van der Waals surface area contributed by atoms with Gasteiger partial charge in [0.25, 0.3) is 6.47 Å². The molecule has 1 amide bonds. The molecule has 1 rings (SSSR count). The third-order valence-electron chi connectivity index (χ3n) is 3.58. The second-order valence-electron chi connectivity index (χ2n) is 4.98. The van der Waals surface area contributed by atoms with E-state index in [1.165, 1.54) is 0 Å². The molecule has 0 spiro atoms. The summed E-state index contributed by atoms with van der Waals surface area (Å²) in [6.45, 7) is 8.52. The summed E-state index contributed by atoms with van der Waals surface area (Å²) < 4.78 is 0. The largest absolute Gasteiger partial charge is 0.483 e. The van der Waals surface area contributed by atoms with E-state index < -0.39 is 5.97 Å². The van der Waals surface area contributed by atoms with Gasteiger partial charge >= 0.3 is 5.97 Å². The van der Waals surface area contributed by atoms with Gasteiger partial charge in [-0.15, -0.1) is 0 Å². The first-order valence-electron chi connectivity index (χ1n) is 7.28. The van der Waals surface area contributed by atoms with Crippen LogP contribution in [0.15, 0.2) is 0 Å². The van der Waals surface area contributed by atoms with Crippen LogP contribution in [0.5, 0.6) is 0 Å². The number of nitrogens with zero attached hydrogens (tertiary/aromatic N) is 2. The first-order chi connectivity index (χ1) is 9.98. The molecule has 0 aromatic carbocycles. The number of hydrogen-bond acceptors (Lipinski definition) is 4. The van der Waals surface area contributed by atoms with E-state index in [2.05, 4.69) is 11.8 Å². The van der Waals surface area contributed by atoms with Crippen molar-refractivity contribution in [1.29, 1.82) is 0 Å². The standard InChI is InChI=1S/C13H24N2O3.CH2O2/c1-3-14-8-7-11(9-14)10-15(4-2)12(16)5-6-13(17)18;2-1-3/h11H,3-10H2,1-2H3,(H,17,18);1H,(H,2,3). The molecular weight excluding hydrogens is 276 g/mol. The number of carbonyl (C=O) groups is 3. The van der Waals surface area contributed by atoms with Crippen LogP contribution in [0.3, 0.4) is 0 Å². The van der Waals surface area contributed by atoms with Crippen LogP contribution in [0.2, 0.25) is 0 Å². The van der Waals surface area contributed by atoms with Gasteiger partial charge in [-0.2, -0.15) is 0 Å². The second-order valence-corrected chi connectivity index (χ2v) is 4.98. The van der Waals surface area contributed by atoms with Crippen molar-refractivity contribution in [3.05, 3.63) is 0 Å². The van der Waals surface area contributed by atoms with Gasteiger partial charge in [-0.05, 0) is 32.4 Å². The number of likely N-dealkylation sites (tertiary alicyclic amines) is 1. The van der Waals surface area contributed by atoms with E-state index in [1.54, 1.807) is 4.90 Å². The molecule has 2 N–H and O–H groups in total. The average Bonchev–Trinajstić information content (AvgIpc) is 2.90. The normalized spacial score (nSPS) is 17.7. The Labute approximate surface area is 125 Å². The van der Waals surface area contributed by atoms with Gasteiger partial charge < -0.3 is 20.0 Å². The molecule has 0 bridgehead atoms. The smallest absolute Gasteiger partial charge is 0.303 e. The third kappa shape index (κ3) is 8.29. The fourth-order valence-electron chi connectivity index (χ4n) is 2.44. The summed E-state index contributed by atoms with van der Waals surface area (Å²) in [4.78, 5) is 34.9. The number of carboxylic acids is 1. The van der Waals surface area contributed by atoms with Gasteiger partial charge in [0.2, 0.25) is 5.91 Å². The van der Waals surface area contributed by atoms with E-state index in [9.17, 15) is 9.59 Å². The van der Waals surface area contributed by atoms with Crippen LogP contribution in [-0.2, 0) is 14.4 Å². The van der Waals surface area contributed by atoms with Gasteiger partial charge in [0.15, 0.2) is 0 Å². The zero-order valence-electron chi connectivity index (χ0n) is 12.8. The van der Waals surface area contributed by atoms with Crippen molar-refractivity contribution in [2.45, 2.75) is 33.1 Å². The molecule has 21 heavy (non-hydrogen) atoms. The fraction of sp³-hybridized carbons (Fsp3) is 0.786. The second kappa shape index (κ2) is 11.1. The molecule has 7 nitrogen and oxygen atoms in total. The van der Waals surface area contributed by atoms with Crippen molar-refractivity contribution >= 4 is 18.3 Å². The molecular formula is C14H26N2O5. The Morgan fingerprint density at radius 3 is 2.38 bits per heavy atom. The maximum atomic E-state index is 11.9. The highest BCUT2D eigenvalue weighted by molar-refractivity contribution is 5.80. The van der Waals surface area contributed by atoms with Crippen molar-refractivity contribution in [2.75, 3.05) is 32.7 Å². The summed E-state index contributed by atoms with van der Waals surface area (Å²) in [5, 5.41) is 15.5. The van der Waals surface area contributed by atoms with Crippen LogP contribution in [-0.4, -0.2) is 71.1 Å². The van der Waals surface area contributed by atoms with Crippen molar-refractivity contribution in [3.63, 3.8) is 0 Å². The lowest BCUT2D eigenvalue weighted by atomic mass is 10.1. The van der Waals surface area contributed by atoms with Crippen LogP contribution in [0, 0.1) is 5.92 Å². The molecule has 0 saturated carbocycles. The van der Waals surface area contributed by atoms with Gasteiger partial charge in [-0.1, -0.05) is 6.92 Å². The molecule has 0 aromatic rings. The van der Waals surface area contributed by atoms with Gasteiger partial charge in [-0.3, -0.25) is 14.4 Å². The highest BCUT2D eigenvalue weighted by Gasteiger charge is 2.24. The highest BCUT2D eigenvalue weighted by Crippen LogP contribution is 2.17. The minimum Gasteiger partial charge on any atom is -0.483 e. The van der Waals surface area contributed by atoms with Gasteiger partial charge in [0, 0.05) is 26.1 Å². The summed E-state index contributed by atoms with van der Waals surface area (Å²) in [7, 11) is 0. The molecule has 122 valence electrons. The summed E-state index contributed by atoms with van der Waals surface area (Å²) in [5.74, 6) is -0.397. The van der Waals surface area contributed by atoms with Gasteiger partial charge in [0.05, 0.1) is 6.42 Å². The fourth-order valence-corrected chi connectivity index (χ4v) is 2.44. The first-order valence-corrected chi connectivity index (χ1v) is 7.28. The number of hydrogen-bond donors (Lipinski definition) is 2. The monoisotopic (exact) mass is 302 g/mol. The van der Waals surface area contributed by atoms with Crippen LogP contribution < -0.4 is 0 Å². The van der Waals surface area contributed by atoms with Crippen molar-refractivity contribution in [2.24, 2.45) is 5.92 Å². The molecule has 1 fully saturated rings. The Bertz CT molecular complexity index is 335. The zero-order chi connectivity index (χ0) is 16.3. The summed E-state index contributed by atoms with van der Waals surface area (Å²) in [6.07, 6.45) is 1.19. The number of carbonyl (C=O) groups excluding carboxylic acids is 1. The van der Waals surface area contributed by atoms with Crippen molar-refractivity contribution < 1.29 is 24.6 Å². The van der Waals surface area contributed by atoms with Crippen LogP contribution in [0.25, 0.3) is 0 Å². The number of rotatable bonds is 7. The van der Waals surface area contributed by atoms with E-state index in [4.69, 9.17) is 15.0 Å². The van der Waals surface area contributed by atoms with Crippen molar-refractivity contribution in [1.82, 2.24) is 9.80 Å². The lowest BCUT2D eigenvalue weighted by Gasteiger charge is -2.24. The van der Waals surface area contributed by atoms with Crippen LogP contribution in [0.1, 0.15) is 33.1 Å². The van der Waals surface area contributed by atoms with Gasteiger partial charge in [0.1, 0.15) is 0 Å². The summed E-state index contributed by atoms with van der Waals surface area (Å²) in [6, 6.07) is 0. The molecule has 1 atom stereocenters. The average molecular weight is 302 g/mol. The highest BCUT2D eigenvalue weighted by atomic mass is 16.4. The van der Waals surface area contributed by atoms with E-state index in [-0.39, 0.29) is 25.2 Å². The summed E-state index contributed by atoms with van der Waals surface area (Å²) >= 11 is 0. The predicted molar refractivity (Wildman–Crippen MR) is 78.0 cm³/mol. The Hall–Kier alpha value is -1.63. The maximum absolute atomic E-state index is 11.9. The molecule has 1 heterocycles. The van der Waals surface area contributed by atoms with Crippen LogP contribution >= 0.6 is 0 Å². The lowest BCUT2D eigenvalue weighted by Crippen LogP contribution is -2.36. The zero-order valence-corrected chi connectivity index (χ0v) is 12.8. The van der Waals surface area contributed by atoms with Crippen LogP contribution in [0.4, 0.5) is 0 Å². The first kappa shape index (κ1) is 19.4. The molecule has 0 aromatic heterocycles. The molecule has 1 unspecified atom stereocenters. The Kier molecular flexibility index (Phi) is 10.2. The molecule has 0 aliphatic carbocycles. The van der Waals surface area contributed by atoms with E-state index >= 15 is 0 Å². The van der Waals surface area contributed by atoms with Crippen molar-refractivity contribution in [3.8, 4) is 0 Å². The Morgan fingerprint density at radius 2 is 1.95 bits per heavy atom.